The summed E-state index contributed by atoms with van der Waals surface area (Å²) in [7, 11) is 0. The van der Waals surface area contributed by atoms with Crippen LogP contribution in [0.1, 0.15) is 55.4 Å². The number of carbonyl (C=O) groups is 2. The van der Waals surface area contributed by atoms with Crippen LogP contribution in [0.15, 0.2) is 22.1 Å². The Bertz CT molecular complexity index is 852. The van der Waals surface area contributed by atoms with Crippen LogP contribution < -0.4 is 10.6 Å². The lowest BCUT2D eigenvalue weighted by Crippen LogP contribution is -2.49. The van der Waals surface area contributed by atoms with E-state index >= 15 is 0 Å². The molecule has 0 bridgehead atoms. The van der Waals surface area contributed by atoms with Crippen molar-refractivity contribution in [2.24, 2.45) is 11.8 Å². The number of carbonyl (C=O) groups excluding carboxylic acids is 2. The Morgan fingerprint density at radius 2 is 2.07 bits per heavy atom. The van der Waals surface area contributed by atoms with Crippen molar-refractivity contribution >= 4 is 28.3 Å². The summed E-state index contributed by atoms with van der Waals surface area (Å²) in [6.45, 7) is 11.3. The fourth-order valence-electron chi connectivity index (χ4n) is 3.82. The molecule has 1 aliphatic rings. The first kappa shape index (κ1) is 22.5. The SMILES string of the molecule is Cc1occc1C(=O)Nc1nc(CC(=O)NC[C@H](C(C)C)N2CCC(C)CC2)cs1. The van der Waals surface area contributed by atoms with Crippen molar-refractivity contribution in [3.63, 3.8) is 0 Å². The molecule has 2 aromatic rings. The van der Waals surface area contributed by atoms with Gasteiger partial charge in [-0.3, -0.25) is 19.8 Å². The molecule has 1 atom stereocenters. The third-order valence-electron chi connectivity index (χ3n) is 5.78. The van der Waals surface area contributed by atoms with E-state index in [1.54, 1.807) is 13.0 Å². The zero-order valence-electron chi connectivity index (χ0n) is 18.2. The molecule has 1 saturated heterocycles. The number of thiazole rings is 1. The Kier molecular flexibility index (Phi) is 7.66. The van der Waals surface area contributed by atoms with Gasteiger partial charge in [0, 0.05) is 18.0 Å². The third kappa shape index (κ3) is 5.92. The summed E-state index contributed by atoms with van der Waals surface area (Å²) in [5, 5.41) is 8.13. The van der Waals surface area contributed by atoms with Crippen LogP contribution in [-0.2, 0) is 11.2 Å². The van der Waals surface area contributed by atoms with Crippen LogP contribution in [0.2, 0.25) is 0 Å². The summed E-state index contributed by atoms with van der Waals surface area (Å²) in [6.07, 6.45) is 4.14. The largest absolute Gasteiger partial charge is 0.469 e. The molecular weight excluding hydrogens is 400 g/mol. The highest BCUT2D eigenvalue weighted by Gasteiger charge is 2.26. The standard InChI is InChI=1S/C22H32N4O3S/c1-14(2)19(26-8-5-15(3)6-9-26)12-23-20(27)11-17-13-30-22(24-17)25-21(28)18-7-10-29-16(18)4/h7,10,13-15,19H,5-6,8-9,11-12H2,1-4H3,(H,23,27)(H,24,25,28)/t19-/m1/s1. The van der Waals surface area contributed by atoms with Crippen molar-refractivity contribution in [3.8, 4) is 0 Å². The van der Waals surface area contributed by atoms with Gasteiger partial charge in [-0.1, -0.05) is 20.8 Å². The third-order valence-corrected chi connectivity index (χ3v) is 6.59. The van der Waals surface area contributed by atoms with Gasteiger partial charge < -0.3 is 9.73 Å². The highest BCUT2D eigenvalue weighted by Crippen LogP contribution is 2.21. The second-order valence-corrected chi connectivity index (χ2v) is 9.36. The number of aryl methyl sites for hydroxylation is 1. The van der Waals surface area contributed by atoms with E-state index in [1.807, 2.05) is 5.38 Å². The summed E-state index contributed by atoms with van der Waals surface area (Å²) in [4.78, 5) is 31.6. The molecule has 0 unspecified atom stereocenters. The Morgan fingerprint density at radius 3 is 2.70 bits per heavy atom. The molecule has 8 heteroatoms. The second-order valence-electron chi connectivity index (χ2n) is 8.50. The average molecular weight is 433 g/mol. The van der Waals surface area contributed by atoms with Crippen LogP contribution in [0.5, 0.6) is 0 Å². The summed E-state index contributed by atoms with van der Waals surface area (Å²) in [6, 6.07) is 1.98. The van der Waals surface area contributed by atoms with E-state index < -0.39 is 0 Å². The van der Waals surface area contributed by atoms with Gasteiger partial charge in [0.25, 0.3) is 5.91 Å². The lowest BCUT2D eigenvalue weighted by Gasteiger charge is -2.38. The molecule has 0 spiro atoms. The van der Waals surface area contributed by atoms with Crippen molar-refractivity contribution in [2.45, 2.75) is 53.0 Å². The predicted octanol–water partition coefficient (Wildman–Crippen LogP) is 3.71. The lowest BCUT2D eigenvalue weighted by molar-refractivity contribution is -0.120. The highest BCUT2D eigenvalue weighted by molar-refractivity contribution is 7.14. The molecule has 1 aliphatic heterocycles. The Morgan fingerprint density at radius 1 is 1.33 bits per heavy atom. The second kappa shape index (κ2) is 10.2. The molecule has 0 saturated carbocycles. The number of aromatic nitrogens is 1. The number of anilines is 1. The molecule has 2 N–H and O–H groups in total. The summed E-state index contributed by atoms with van der Waals surface area (Å²) in [5.41, 5.74) is 1.14. The van der Waals surface area contributed by atoms with E-state index in [9.17, 15) is 9.59 Å². The van der Waals surface area contributed by atoms with Crippen LogP contribution in [0.4, 0.5) is 5.13 Å². The molecular formula is C22H32N4O3S. The van der Waals surface area contributed by atoms with E-state index in [-0.39, 0.29) is 18.2 Å². The zero-order valence-corrected chi connectivity index (χ0v) is 19.1. The minimum atomic E-state index is -0.262. The van der Waals surface area contributed by atoms with Gasteiger partial charge in [-0.2, -0.15) is 0 Å². The van der Waals surface area contributed by atoms with Gasteiger partial charge in [-0.25, -0.2) is 4.98 Å². The van der Waals surface area contributed by atoms with E-state index in [1.165, 1.54) is 30.4 Å². The predicted molar refractivity (Wildman–Crippen MR) is 119 cm³/mol. The molecule has 2 aromatic heterocycles. The maximum atomic E-state index is 12.5. The molecule has 7 nitrogen and oxygen atoms in total. The fraction of sp³-hybridized carbons (Fsp3) is 0.591. The van der Waals surface area contributed by atoms with Crippen LogP contribution in [0.25, 0.3) is 0 Å². The average Bonchev–Trinajstić information content (AvgIpc) is 3.31. The van der Waals surface area contributed by atoms with Gasteiger partial charge in [0.1, 0.15) is 5.76 Å². The first-order chi connectivity index (χ1) is 14.3. The first-order valence-electron chi connectivity index (χ1n) is 10.6. The number of rotatable bonds is 8. The van der Waals surface area contributed by atoms with Gasteiger partial charge in [-0.05, 0) is 50.8 Å². The van der Waals surface area contributed by atoms with Gasteiger partial charge in [0.2, 0.25) is 5.91 Å². The number of likely N-dealkylation sites (tertiary alicyclic amines) is 1. The van der Waals surface area contributed by atoms with Crippen molar-refractivity contribution in [2.75, 3.05) is 25.0 Å². The minimum Gasteiger partial charge on any atom is -0.469 e. The quantitative estimate of drug-likeness (QED) is 0.664. The molecule has 0 radical (unpaired) electrons. The van der Waals surface area contributed by atoms with Crippen molar-refractivity contribution in [3.05, 3.63) is 34.7 Å². The smallest absolute Gasteiger partial charge is 0.260 e. The molecule has 0 aromatic carbocycles. The van der Waals surface area contributed by atoms with Crippen molar-refractivity contribution in [1.29, 1.82) is 0 Å². The number of furan rings is 1. The topological polar surface area (TPSA) is 87.5 Å². The molecule has 0 aliphatic carbocycles. The van der Waals surface area contributed by atoms with Crippen LogP contribution in [-0.4, -0.2) is 47.4 Å². The Hall–Kier alpha value is -2.19. The molecule has 30 heavy (non-hydrogen) atoms. The maximum Gasteiger partial charge on any atom is 0.260 e. The Balaban J connectivity index is 1.49. The lowest BCUT2D eigenvalue weighted by atomic mass is 9.94. The van der Waals surface area contributed by atoms with Crippen molar-refractivity contribution < 1.29 is 14.0 Å². The fourth-order valence-corrected chi connectivity index (χ4v) is 4.53. The molecule has 2 amide bonds. The summed E-state index contributed by atoms with van der Waals surface area (Å²) < 4.78 is 5.16. The number of amides is 2. The van der Waals surface area contributed by atoms with Crippen LogP contribution >= 0.6 is 11.3 Å². The van der Waals surface area contributed by atoms with E-state index in [0.29, 0.717) is 40.7 Å². The van der Waals surface area contributed by atoms with Gasteiger partial charge in [0.15, 0.2) is 5.13 Å². The van der Waals surface area contributed by atoms with Gasteiger partial charge in [0.05, 0.1) is 23.9 Å². The number of hydrogen-bond acceptors (Lipinski definition) is 6. The van der Waals surface area contributed by atoms with Gasteiger partial charge in [-0.15, -0.1) is 11.3 Å². The molecule has 3 heterocycles. The van der Waals surface area contributed by atoms with E-state index in [2.05, 4.69) is 41.3 Å². The minimum absolute atomic E-state index is 0.0418. The highest BCUT2D eigenvalue weighted by atomic mass is 32.1. The molecule has 1 fully saturated rings. The Labute approximate surface area is 182 Å². The molecule has 164 valence electrons. The molecule has 3 rings (SSSR count). The van der Waals surface area contributed by atoms with Crippen LogP contribution in [0.3, 0.4) is 0 Å². The summed E-state index contributed by atoms with van der Waals surface area (Å²) >= 11 is 1.31. The monoisotopic (exact) mass is 432 g/mol. The number of nitrogens with zero attached hydrogens (tertiary/aromatic N) is 2. The zero-order chi connectivity index (χ0) is 21.7. The number of hydrogen-bond donors (Lipinski definition) is 2. The number of nitrogens with one attached hydrogen (secondary N) is 2. The maximum absolute atomic E-state index is 12.5. The number of piperidine rings is 1. The normalized spacial score (nSPS) is 16.6. The van der Waals surface area contributed by atoms with Crippen molar-refractivity contribution in [1.82, 2.24) is 15.2 Å². The summed E-state index contributed by atoms with van der Waals surface area (Å²) in [5.74, 6) is 1.53. The van der Waals surface area contributed by atoms with Crippen LogP contribution in [0, 0.1) is 18.8 Å². The first-order valence-corrected chi connectivity index (χ1v) is 11.5. The van der Waals surface area contributed by atoms with Gasteiger partial charge >= 0.3 is 0 Å². The van der Waals surface area contributed by atoms with E-state index in [4.69, 9.17) is 4.42 Å². The van der Waals surface area contributed by atoms with E-state index in [0.717, 1.165) is 19.0 Å².